The van der Waals surface area contributed by atoms with Crippen molar-refractivity contribution in [2.75, 3.05) is 18.0 Å². The molecular weight excluding hydrogens is 337 g/mol. The molecule has 1 aromatic carbocycles. The second-order valence-electron chi connectivity index (χ2n) is 5.26. The molecule has 0 unspecified atom stereocenters. The molecule has 3 N–H and O–H groups in total. The zero-order valence-corrected chi connectivity index (χ0v) is 12.7. The van der Waals surface area contributed by atoms with E-state index in [9.17, 15) is 26.4 Å². The fourth-order valence-corrected chi connectivity index (χ4v) is 3.41. The van der Waals surface area contributed by atoms with Gasteiger partial charge in [-0.2, -0.15) is 13.2 Å². The third kappa shape index (κ3) is 3.75. The largest absolute Gasteiger partial charge is 0.478 e. The van der Waals surface area contributed by atoms with E-state index in [1.165, 1.54) is 4.90 Å². The number of benzene rings is 1. The first-order valence-electron chi connectivity index (χ1n) is 6.78. The van der Waals surface area contributed by atoms with Crippen molar-refractivity contribution in [3.63, 3.8) is 0 Å². The lowest BCUT2D eigenvalue weighted by Gasteiger charge is -2.32. The maximum atomic E-state index is 13.4. The Morgan fingerprint density at radius 2 is 1.74 bits per heavy atom. The number of primary sulfonamides is 1. The van der Waals surface area contributed by atoms with E-state index in [-0.39, 0.29) is 13.1 Å². The highest BCUT2D eigenvalue weighted by Gasteiger charge is 2.41. The van der Waals surface area contributed by atoms with E-state index < -0.39 is 43.9 Å². The fourth-order valence-electron chi connectivity index (χ4n) is 2.62. The van der Waals surface area contributed by atoms with Crippen LogP contribution in [-0.4, -0.2) is 32.6 Å². The van der Waals surface area contributed by atoms with Crippen LogP contribution in [0.3, 0.4) is 0 Å². The summed E-state index contributed by atoms with van der Waals surface area (Å²) in [7, 11) is -4.74. The maximum Gasteiger partial charge on any atom is 0.419 e. The molecule has 0 bridgehead atoms. The van der Waals surface area contributed by atoms with Crippen LogP contribution in [0.5, 0.6) is 0 Å². The molecule has 0 saturated carbocycles. The molecule has 0 spiro atoms. The number of aromatic carboxylic acids is 1. The summed E-state index contributed by atoms with van der Waals surface area (Å²) in [5, 5.41) is 13.9. The fraction of sp³-hybridized carbons (Fsp3) is 0.462. The maximum absolute atomic E-state index is 13.4. The number of carboxylic acid groups (broad SMARTS) is 1. The van der Waals surface area contributed by atoms with Gasteiger partial charge in [0.05, 0.1) is 21.7 Å². The average Bonchev–Trinajstić information content (AvgIpc) is 2.44. The van der Waals surface area contributed by atoms with Crippen molar-refractivity contribution < 1.29 is 31.5 Å². The van der Waals surface area contributed by atoms with Crippen LogP contribution >= 0.6 is 0 Å². The molecule has 0 aromatic heterocycles. The minimum absolute atomic E-state index is 0.288. The summed E-state index contributed by atoms with van der Waals surface area (Å²) in [4.78, 5) is 11.3. The number of piperidine rings is 1. The zero-order chi connectivity index (χ0) is 17.4. The van der Waals surface area contributed by atoms with Crippen molar-refractivity contribution in [3.8, 4) is 0 Å². The molecule has 128 valence electrons. The molecule has 1 saturated heterocycles. The molecule has 1 aliphatic rings. The Morgan fingerprint density at radius 3 is 2.17 bits per heavy atom. The minimum Gasteiger partial charge on any atom is -0.478 e. The number of nitrogens with zero attached hydrogens (tertiary/aromatic N) is 1. The van der Waals surface area contributed by atoms with Gasteiger partial charge in [-0.15, -0.1) is 0 Å². The van der Waals surface area contributed by atoms with Crippen molar-refractivity contribution in [2.24, 2.45) is 5.14 Å². The van der Waals surface area contributed by atoms with Crippen LogP contribution < -0.4 is 10.0 Å². The lowest BCUT2D eigenvalue weighted by Crippen LogP contribution is -2.33. The number of anilines is 1. The number of carboxylic acids is 1. The van der Waals surface area contributed by atoms with Crippen LogP contribution in [0.15, 0.2) is 17.0 Å². The van der Waals surface area contributed by atoms with Gasteiger partial charge in [0.1, 0.15) is 0 Å². The van der Waals surface area contributed by atoms with Crippen LogP contribution in [0.25, 0.3) is 0 Å². The molecule has 0 atom stereocenters. The van der Waals surface area contributed by atoms with Gasteiger partial charge in [0, 0.05) is 13.1 Å². The molecule has 2 rings (SSSR count). The Bertz CT molecular complexity index is 725. The number of carbonyl (C=O) groups is 1. The van der Waals surface area contributed by atoms with E-state index in [0.717, 1.165) is 12.5 Å². The summed E-state index contributed by atoms with van der Waals surface area (Å²) < 4.78 is 63.5. The molecule has 0 amide bonds. The molecule has 1 fully saturated rings. The number of rotatable bonds is 3. The second-order valence-corrected chi connectivity index (χ2v) is 6.79. The highest BCUT2D eigenvalue weighted by molar-refractivity contribution is 7.89. The Labute approximate surface area is 130 Å². The molecule has 10 heteroatoms. The number of hydrogen-bond acceptors (Lipinski definition) is 4. The summed E-state index contributed by atoms with van der Waals surface area (Å²) in [5.74, 6) is -1.53. The topological polar surface area (TPSA) is 101 Å². The van der Waals surface area contributed by atoms with Crippen molar-refractivity contribution in [1.29, 1.82) is 0 Å². The summed E-state index contributed by atoms with van der Waals surface area (Å²) in [6, 6.07) is 1.30. The van der Waals surface area contributed by atoms with E-state index in [1.807, 2.05) is 0 Å². The van der Waals surface area contributed by atoms with Gasteiger partial charge >= 0.3 is 12.1 Å². The SMILES string of the molecule is NS(=O)(=O)c1cc(C(=O)O)cc(N2CCCCC2)c1C(F)(F)F. The summed E-state index contributed by atoms with van der Waals surface area (Å²) in [6.07, 6.45) is -2.86. The van der Waals surface area contributed by atoms with Crippen molar-refractivity contribution in [3.05, 3.63) is 23.3 Å². The first kappa shape index (κ1) is 17.5. The van der Waals surface area contributed by atoms with Crippen molar-refractivity contribution in [1.82, 2.24) is 0 Å². The number of hydrogen-bond donors (Lipinski definition) is 2. The van der Waals surface area contributed by atoms with Gasteiger partial charge in [-0.25, -0.2) is 18.4 Å². The van der Waals surface area contributed by atoms with Crippen LogP contribution in [-0.2, 0) is 16.2 Å². The number of nitrogens with two attached hydrogens (primary N) is 1. The highest BCUT2D eigenvalue weighted by atomic mass is 32.2. The Kier molecular flexibility index (Phi) is 4.58. The first-order chi connectivity index (χ1) is 10.5. The summed E-state index contributed by atoms with van der Waals surface area (Å²) in [5.41, 5.74) is -2.42. The van der Waals surface area contributed by atoms with Gasteiger partial charge in [0.2, 0.25) is 10.0 Å². The summed E-state index contributed by atoms with van der Waals surface area (Å²) >= 11 is 0. The van der Waals surface area contributed by atoms with Crippen LogP contribution in [0.1, 0.15) is 35.2 Å². The smallest absolute Gasteiger partial charge is 0.419 e. The van der Waals surface area contributed by atoms with Gasteiger partial charge in [0.15, 0.2) is 0 Å². The predicted octanol–water partition coefficient (Wildman–Crippen LogP) is 2.04. The van der Waals surface area contributed by atoms with Gasteiger partial charge in [-0.1, -0.05) is 0 Å². The number of alkyl halides is 3. The average molecular weight is 352 g/mol. The Morgan fingerprint density at radius 1 is 1.17 bits per heavy atom. The Balaban J connectivity index is 2.80. The van der Waals surface area contributed by atoms with Crippen molar-refractivity contribution >= 4 is 21.7 Å². The first-order valence-corrected chi connectivity index (χ1v) is 8.32. The lowest BCUT2D eigenvalue weighted by molar-refractivity contribution is -0.139. The highest BCUT2D eigenvalue weighted by Crippen LogP contribution is 2.42. The van der Waals surface area contributed by atoms with Gasteiger partial charge in [0.25, 0.3) is 0 Å². The van der Waals surface area contributed by atoms with E-state index in [4.69, 9.17) is 10.2 Å². The third-order valence-corrected chi connectivity index (χ3v) is 4.55. The molecule has 1 aliphatic heterocycles. The molecular formula is C13H15F3N2O4S. The van der Waals surface area contributed by atoms with Crippen LogP contribution in [0, 0.1) is 0 Å². The second kappa shape index (κ2) is 6.00. The molecule has 1 aromatic rings. The van der Waals surface area contributed by atoms with Gasteiger partial charge in [-0.05, 0) is 31.4 Å². The van der Waals surface area contributed by atoms with Crippen molar-refractivity contribution in [2.45, 2.75) is 30.3 Å². The minimum atomic E-state index is -4.98. The Hall–Kier alpha value is -1.81. The lowest BCUT2D eigenvalue weighted by atomic mass is 10.0. The van der Waals surface area contributed by atoms with E-state index in [1.54, 1.807) is 0 Å². The van der Waals surface area contributed by atoms with E-state index in [0.29, 0.717) is 18.9 Å². The van der Waals surface area contributed by atoms with Gasteiger partial charge in [-0.3, -0.25) is 0 Å². The monoisotopic (exact) mass is 352 g/mol. The molecule has 23 heavy (non-hydrogen) atoms. The number of sulfonamides is 1. The zero-order valence-electron chi connectivity index (χ0n) is 11.9. The molecule has 0 aliphatic carbocycles. The predicted molar refractivity (Wildman–Crippen MR) is 75.8 cm³/mol. The molecule has 1 heterocycles. The van der Waals surface area contributed by atoms with E-state index in [2.05, 4.69) is 0 Å². The quantitative estimate of drug-likeness (QED) is 0.867. The number of halogens is 3. The third-order valence-electron chi connectivity index (χ3n) is 3.62. The normalized spacial score (nSPS) is 16.4. The molecule has 0 radical (unpaired) electrons. The van der Waals surface area contributed by atoms with Crippen LogP contribution in [0.4, 0.5) is 18.9 Å². The van der Waals surface area contributed by atoms with Gasteiger partial charge < -0.3 is 10.0 Å². The standard InChI is InChI=1S/C13H15F3N2O4S/c14-13(15,16)11-9(18-4-2-1-3-5-18)6-8(12(19)20)7-10(11)23(17,21)22/h6-7H,1-5H2,(H,19,20)(H2,17,21,22). The van der Waals surface area contributed by atoms with Crippen LogP contribution in [0.2, 0.25) is 0 Å². The van der Waals surface area contributed by atoms with E-state index >= 15 is 0 Å². The molecule has 6 nitrogen and oxygen atoms in total. The summed E-state index contributed by atoms with van der Waals surface area (Å²) in [6.45, 7) is 0.576.